The average Bonchev–Trinajstić information content (AvgIpc) is 2.35. The van der Waals surface area contributed by atoms with Crippen LogP contribution in [0.15, 0.2) is 18.2 Å². The van der Waals surface area contributed by atoms with E-state index in [0.717, 1.165) is 12.8 Å². The minimum absolute atomic E-state index is 0.0392. The Labute approximate surface area is 110 Å². The summed E-state index contributed by atoms with van der Waals surface area (Å²) in [6, 6.07) is 4.43. The van der Waals surface area contributed by atoms with Crippen LogP contribution in [0.1, 0.15) is 30.1 Å². The molecule has 1 saturated carbocycles. The van der Waals surface area contributed by atoms with Crippen LogP contribution in [0.25, 0.3) is 0 Å². The molecule has 7 nitrogen and oxygen atoms in total. The number of anilines is 1. The normalized spacial score (nSPS) is 21.4. The fourth-order valence-corrected chi connectivity index (χ4v) is 2.32. The van der Waals surface area contributed by atoms with Crippen molar-refractivity contribution in [3.63, 3.8) is 0 Å². The van der Waals surface area contributed by atoms with Gasteiger partial charge in [-0.25, -0.2) is 0 Å². The number of hydrazine groups is 1. The Kier molecular flexibility index (Phi) is 3.66. The molecule has 1 amide bonds. The van der Waals surface area contributed by atoms with Crippen LogP contribution in [0.4, 0.5) is 11.4 Å². The van der Waals surface area contributed by atoms with E-state index in [-0.39, 0.29) is 28.9 Å². The second-order valence-electron chi connectivity index (χ2n) is 4.85. The average molecular weight is 264 g/mol. The van der Waals surface area contributed by atoms with Crippen LogP contribution in [-0.4, -0.2) is 16.9 Å². The van der Waals surface area contributed by atoms with Crippen LogP contribution in [0.3, 0.4) is 0 Å². The lowest BCUT2D eigenvalue weighted by Crippen LogP contribution is -2.43. The molecule has 0 spiro atoms. The molecule has 1 aliphatic carbocycles. The van der Waals surface area contributed by atoms with Crippen molar-refractivity contribution in [1.82, 2.24) is 5.32 Å². The van der Waals surface area contributed by atoms with E-state index in [1.165, 1.54) is 18.2 Å². The largest absolute Gasteiger partial charge is 0.349 e. The van der Waals surface area contributed by atoms with E-state index < -0.39 is 4.92 Å². The van der Waals surface area contributed by atoms with Gasteiger partial charge in [0.2, 0.25) is 0 Å². The van der Waals surface area contributed by atoms with Crippen LogP contribution >= 0.6 is 0 Å². The van der Waals surface area contributed by atoms with E-state index in [1.807, 2.05) is 0 Å². The lowest BCUT2D eigenvalue weighted by molar-refractivity contribution is -0.384. The predicted molar refractivity (Wildman–Crippen MR) is 70.6 cm³/mol. The molecular formula is C12H16N4O3. The topological polar surface area (TPSA) is 110 Å². The zero-order valence-corrected chi connectivity index (χ0v) is 10.6. The molecule has 0 radical (unpaired) electrons. The molecular weight excluding hydrogens is 248 g/mol. The first kappa shape index (κ1) is 13.3. The Morgan fingerprint density at radius 2 is 2.16 bits per heavy atom. The van der Waals surface area contributed by atoms with Crippen molar-refractivity contribution >= 4 is 17.3 Å². The van der Waals surface area contributed by atoms with Crippen molar-refractivity contribution in [2.45, 2.75) is 25.8 Å². The molecule has 102 valence electrons. The van der Waals surface area contributed by atoms with Crippen molar-refractivity contribution in [1.29, 1.82) is 0 Å². The molecule has 1 fully saturated rings. The number of benzene rings is 1. The zero-order valence-electron chi connectivity index (χ0n) is 10.6. The highest BCUT2D eigenvalue weighted by atomic mass is 16.6. The molecule has 0 aromatic heterocycles. The van der Waals surface area contributed by atoms with Gasteiger partial charge in [-0.05, 0) is 24.8 Å². The number of nitrogen functional groups attached to an aromatic ring is 1. The van der Waals surface area contributed by atoms with Gasteiger partial charge in [0.25, 0.3) is 11.6 Å². The Hall–Kier alpha value is -2.15. The summed E-state index contributed by atoms with van der Waals surface area (Å²) in [6.07, 6.45) is 1.87. The first-order valence-corrected chi connectivity index (χ1v) is 6.07. The highest BCUT2D eigenvalue weighted by molar-refractivity contribution is 6.01. The van der Waals surface area contributed by atoms with Gasteiger partial charge in [0.1, 0.15) is 5.69 Å². The summed E-state index contributed by atoms with van der Waals surface area (Å²) in [5.41, 5.74) is 2.26. The molecule has 0 bridgehead atoms. The molecule has 2 rings (SSSR count). The van der Waals surface area contributed by atoms with E-state index in [2.05, 4.69) is 17.7 Å². The zero-order chi connectivity index (χ0) is 14.0. The van der Waals surface area contributed by atoms with Gasteiger partial charge in [-0.2, -0.15) is 0 Å². The van der Waals surface area contributed by atoms with E-state index in [1.54, 1.807) is 0 Å². The molecule has 1 aromatic rings. The van der Waals surface area contributed by atoms with E-state index in [0.29, 0.717) is 5.92 Å². The number of nitrogens with one attached hydrogen (secondary N) is 2. The Morgan fingerprint density at radius 1 is 1.47 bits per heavy atom. The minimum atomic E-state index is -0.572. The first-order valence-electron chi connectivity index (χ1n) is 6.07. The third-order valence-corrected chi connectivity index (χ3v) is 3.34. The van der Waals surface area contributed by atoms with Crippen LogP contribution in [0.5, 0.6) is 0 Å². The maximum atomic E-state index is 12.1. The van der Waals surface area contributed by atoms with Gasteiger partial charge in [0, 0.05) is 12.1 Å². The standard InChI is InChI=1S/C12H16N4O3/c1-7-5-8(6-7)14-12(17)9-3-2-4-10(16(18)19)11(9)15-13/h2-4,7-8,15H,5-6,13H2,1H3,(H,14,17). The third-order valence-electron chi connectivity index (χ3n) is 3.34. The molecule has 19 heavy (non-hydrogen) atoms. The molecule has 7 heteroatoms. The number of carbonyl (C=O) groups is 1. The number of nitrogens with two attached hydrogens (primary N) is 1. The summed E-state index contributed by atoms with van der Waals surface area (Å²) < 4.78 is 0. The lowest BCUT2D eigenvalue weighted by atomic mass is 9.82. The Balaban J connectivity index is 2.21. The third kappa shape index (κ3) is 2.65. The highest BCUT2D eigenvalue weighted by Crippen LogP contribution is 2.29. The molecule has 0 unspecified atom stereocenters. The van der Waals surface area contributed by atoms with Crippen molar-refractivity contribution < 1.29 is 9.72 Å². The van der Waals surface area contributed by atoms with Crippen molar-refractivity contribution in [3.8, 4) is 0 Å². The van der Waals surface area contributed by atoms with Crippen molar-refractivity contribution in [3.05, 3.63) is 33.9 Å². The van der Waals surface area contributed by atoms with E-state index >= 15 is 0 Å². The number of nitrogens with zero attached hydrogens (tertiary/aromatic N) is 1. The smallest absolute Gasteiger partial charge is 0.294 e. The minimum Gasteiger partial charge on any atom is -0.349 e. The maximum Gasteiger partial charge on any atom is 0.294 e. The fraction of sp³-hybridized carbons (Fsp3) is 0.417. The summed E-state index contributed by atoms with van der Waals surface area (Å²) in [7, 11) is 0. The summed E-state index contributed by atoms with van der Waals surface area (Å²) in [4.78, 5) is 22.4. The van der Waals surface area contributed by atoms with E-state index in [9.17, 15) is 14.9 Å². The van der Waals surface area contributed by atoms with Gasteiger partial charge in [0.15, 0.2) is 0 Å². The van der Waals surface area contributed by atoms with Gasteiger partial charge in [-0.3, -0.25) is 20.8 Å². The lowest BCUT2D eigenvalue weighted by Gasteiger charge is -2.33. The molecule has 4 N–H and O–H groups in total. The number of nitro benzene ring substituents is 1. The quantitative estimate of drug-likeness (QED) is 0.432. The van der Waals surface area contributed by atoms with Gasteiger partial charge < -0.3 is 10.7 Å². The Morgan fingerprint density at radius 3 is 2.68 bits per heavy atom. The SMILES string of the molecule is CC1CC(NC(=O)c2cccc([N+](=O)[O-])c2NN)C1. The molecule has 0 aliphatic heterocycles. The number of rotatable bonds is 4. The summed E-state index contributed by atoms with van der Waals surface area (Å²) in [5, 5.41) is 13.7. The van der Waals surface area contributed by atoms with Gasteiger partial charge in [0.05, 0.1) is 10.5 Å². The van der Waals surface area contributed by atoms with Gasteiger partial charge >= 0.3 is 0 Å². The van der Waals surface area contributed by atoms with Crippen LogP contribution in [0, 0.1) is 16.0 Å². The molecule has 0 saturated heterocycles. The van der Waals surface area contributed by atoms with Gasteiger partial charge in [-0.1, -0.05) is 13.0 Å². The number of carbonyl (C=O) groups excluding carboxylic acids is 1. The maximum absolute atomic E-state index is 12.1. The highest BCUT2D eigenvalue weighted by Gasteiger charge is 2.28. The van der Waals surface area contributed by atoms with Crippen LogP contribution in [0.2, 0.25) is 0 Å². The molecule has 0 atom stereocenters. The summed E-state index contributed by atoms with van der Waals surface area (Å²) in [5.74, 6) is 5.57. The molecule has 1 aliphatic rings. The second kappa shape index (κ2) is 5.23. The molecule has 0 heterocycles. The first-order chi connectivity index (χ1) is 9.02. The van der Waals surface area contributed by atoms with Crippen molar-refractivity contribution in [2.75, 3.05) is 5.43 Å². The van der Waals surface area contributed by atoms with Gasteiger partial charge in [-0.15, -0.1) is 0 Å². The number of hydrogen-bond acceptors (Lipinski definition) is 5. The van der Waals surface area contributed by atoms with Crippen LogP contribution < -0.4 is 16.6 Å². The Bertz CT molecular complexity index is 512. The molecule has 1 aromatic carbocycles. The summed E-state index contributed by atoms with van der Waals surface area (Å²) in [6.45, 7) is 2.11. The van der Waals surface area contributed by atoms with E-state index in [4.69, 9.17) is 5.84 Å². The summed E-state index contributed by atoms with van der Waals surface area (Å²) >= 11 is 0. The predicted octanol–water partition coefficient (Wildman–Crippen LogP) is 1.41. The fourth-order valence-electron chi connectivity index (χ4n) is 2.32. The second-order valence-corrected chi connectivity index (χ2v) is 4.85. The number of amides is 1. The number of nitro groups is 1. The number of para-hydroxylation sites is 1. The van der Waals surface area contributed by atoms with Crippen LogP contribution in [-0.2, 0) is 0 Å². The van der Waals surface area contributed by atoms with Crippen molar-refractivity contribution in [2.24, 2.45) is 11.8 Å². The number of hydrogen-bond donors (Lipinski definition) is 3. The monoisotopic (exact) mass is 264 g/mol.